The van der Waals surface area contributed by atoms with Crippen LogP contribution in [0.4, 0.5) is 11.5 Å². The quantitative estimate of drug-likeness (QED) is 0.216. The molecule has 0 bridgehead atoms. The number of carboxylic acids is 1. The number of aryl methyl sites for hydroxylation is 1. The first-order chi connectivity index (χ1) is 16.8. The van der Waals surface area contributed by atoms with Gasteiger partial charge in [0.2, 0.25) is 0 Å². The summed E-state index contributed by atoms with van der Waals surface area (Å²) in [6.45, 7) is 0.383. The van der Waals surface area contributed by atoms with Crippen LogP contribution in [0.5, 0.6) is 0 Å². The van der Waals surface area contributed by atoms with Crippen LogP contribution >= 0.6 is 0 Å². The van der Waals surface area contributed by atoms with Gasteiger partial charge in [-0.25, -0.2) is 9.97 Å². The van der Waals surface area contributed by atoms with Crippen molar-refractivity contribution >= 4 is 40.3 Å². The zero-order valence-corrected chi connectivity index (χ0v) is 19.1. The summed E-state index contributed by atoms with van der Waals surface area (Å²) in [5.74, 6) is -0.263. The number of nitrogens with one attached hydrogen (secondary N) is 2. The molecule has 4 aromatic rings. The highest BCUT2D eigenvalue weighted by Crippen LogP contribution is 2.22. The van der Waals surface area contributed by atoms with Gasteiger partial charge in [0.25, 0.3) is 5.91 Å². The van der Waals surface area contributed by atoms with Gasteiger partial charge in [-0.15, -0.1) is 0 Å². The smallest absolute Gasteiger partial charge is 0.305 e. The standard InChI is InChI=1S/C25H25N7O3/c1-31-20-10-9-16(25(35)32(13-11-23(33)34)21-8-4-5-12-28-21)14-19(20)30-22(31)15-29-18-7-3-2-6-17(18)24(26)27/h2-10,12,14,29H,11,13,15H2,1H3,(H3,26,27)(H,33,34). The minimum absolute atomic E-state index is 0.00381. The van der Waals surface area contributed by atoms with Gasteiger partial charge < -0.3 is 20.7 Å². The Hall–Kier alpha value is -4.73. The molecule has 0 fully saturated rings. The number of fused-ring (bicyclic) bond motifs is 1. The molecule has 178 valence electrons. The lowest BCUT2D eigenvalue weighted by atomic mass is 10.1. The van der Waals surface area contributed by atoms with Crippen molar-refractivity contribution in [3.8, 4) is 0 Å². The molecule has 0 unspecified atom stereocenters. The zero-order chi connectivity index (χ0) is 24.9. The number of rotatable bonds is 9. The number of anilines is 2. The van der Waals surface area contributed by atoms with E-state index in [9.17, 15) is 9.59 Å². The van der Waals surface area contributed by atoms with Gasteiger partial charge >= 0.3 is 5.97 Å². The summed E-state index contributed by atoms with van der Waals surface area (Å²) in [7, 11) is 1.89. The van der Waals surface area contributed by atoms with Crippen LogP contribution in [0.1, 0.15) is 28.2 Å². The molecule has 0 spiro atoms. The summed E-state index contributed by atoms with van der Waals surface area (Å²) in [4.78, 5) is 34.7. The first-order valence-electron chi connectivity index (χ1n) is 10.9. The molecule has 35 heavy (non-hydrogen) atoms. The van der Waals surface area contributed by atoms with E-state index in [0.717, 1.165) is 17.0 Å². The number of carbonyl (C=O) groups excluding carboxylic acids is 1. The number of carboxylic acid groups (broad SMARTS) is 1. The molecule has 0 radical (unpaired) electrons. The van der Waals surface area contributed by atoms with E-state index in [-0.39, 0.29) is 24.7 Å². The molecule has 10 heteroatoms. The summed E-state index contributed by atoms with van der Waals surface area (Å²) in [5, 5.41) is 20.1. The van der Waals surface area contributed by atoms with Crippen LogP contribution in [-0.4, -0.2) is 43.9 Å². The van der Waals surface area contributed by atoms with E-state index in [1.165, 1.54) is 4.90 Å². The first-order valence-corrected chi connectivity index (χ1v) is 10.9. The number of amidine groups is 1. The van der Waals surface area contributed by atoms with E-state index >= 15 is 0 Å². The predicted octanol–water partition coefficient (Wildman–Crippen LogP) is 2.99. The summed E-state index contributed by atoms with van der Waals surface area (Å²) in [6.07, 6.45) is 1.35. The number of benzene rings is 2. The van der Waals surface area contributed by atoms with E-state index in [4.69, 9.17) is 16.2 Å². The highest BCUT2D eigenvalue weighted by molar-refractivity contribution is 6.07. The Balaban J connectivity index is 1.60. The number of amides is 1. The number of hydrogen-bond acceptors (Lipinski definition) is 6. The molecular weight excluding hydrogens is 446 g/mol. The summed E-state index contributed by atoms with van der Waals surface area (Å²) in [6, 6.07) is 17.7. The number of hydrogen-bond donors (Lipinski definition) is 4. The number of pyridine rings is 1. The van der Waals surface area contributed by atoms with Crippen molar-refractivity contribution in [3.63, 3.8) is 0 Å². The molecule has 0 saturated carbocycles. The molecule has 10 nitrogen and oxygen atoms in total. The number of nitrogens with two attached hydrogens (primary N) is 1. The zero-order valence-electron chi connectivity index (χ0n) is 19.1. The lowest BCUT2D eigenvalue weighted by Gasteiger charge is -2.21. The highest BCUT2D eigenvalue weighted by Gasteiger charge is 2.21. The molecule has 4 rings (SSSR count). The van der Waals surface area contributed by atoms with Gasteiger partial charge in [0, 0.05) is 36.6 Å². The first kappa shape index (κ1) is 23.4. The van der Waals surface area contributed by atoms with Crippen molar-refractivity contribution < 1.29 is 14.7 Å². The van der Waals surface area contributed by atoms with E-state index in [2.05, 4.69) is 15.3 Å². The van der Waals surface area contributed by atoms with E-state index in [1.54, 1.807) is 42.6 Å². The van der Waals surface area contributed by atoms with Gasteiger partial charge in [-0.3, -0.25) is 19.9 Å². The van der Waals surface area contributed by atoms with E-state index in [0.29, 0.717) is 29.0 Å². The van der Waals surface area contributed by atoms with Crippen molar-refractivity contribution in [3.05, 3.63) is 83.8 Å². The number of nitrogens with zero attached hydrogens (tertiary/aromatic N) is 4. The fourth-order valence-electron chi connectivity index (χ4n) is 3.78. The van der Waals surface area contributed by atoms with E-state index in [1.807, 2.05) is 35.9 Å². The lowest BCUT2D eigenvalue weighted by molar-refractivity contribution is -0.136. The Morgan fingerprint density at radius 2 is 1.91 bits per heavy atom. The molecule has 2 aromatic heterocycles. The number of aliphatic carboxylic acids is 1. The minimum Gasteiger partial charge on any atom is -0.481 e. The van der Waals surface area contributed by atoms with Crippen molar-refractivity contribution in [2.24, 2.45) is 12.8 Å². The maximum absolute atomic E-state index is 13.3. The number of aromatic nitrogens is 3. The largest absolute Gasteiger partial charge is 0.481 e. The van der Waals surface area contributed by atoms with Gasteiger partial charge in [0.15, 0.2) is 0 Å². The average molecular weight is 472 g/mol. The third-order valence-electron chi connectivity index (χ3n) is 5.59. The minimum atomic E-state index is -0.998. The second-order valence-corrected chi connectivity index (χ2v) is 7.89. The lowest BCUT2D eigenvalue weighted by Crippen LogP contribution is -2.33. The van der Waals surface area contributed by atoms with E-state index < -0.39 is 5.97 Å². The van der Waals surface area contributed by atoms with Crippen LogP contribution in [0, 0.1) is 5.41 Å². The van der Waals surface area contributed by atoms with Gasteiger partial charge in [0.1, 0.15) is 17.5 Å². The topological polar surface area (TPSA) is 150 Å². The summed E-state index contributed by atoms with van der Waals surface area (Å²) in [5.41, 5.74) is 8.87. The predicted molar refractivity (Wildman–Crippen MR) is 134 cm³/mol. The van der Waals surface area contributed by atoms with Crippen LogP contribution in [0.3, 0.4) is 0 Å². The molecule has 0 atom stereocenters. The van der Waals surface area contributed by atoms with Crippen LogP contribution in [0.15, 0.2) is 66.9 Å². The van der Waals surface area contributed by atoms with Crippen molar-refractivity contribution in [2.45, 2.75) is 13.0 Å². The number of para-hydroxylation sites is 1. The monoisotopic (exact) mass is 471 g/mol. The highest BCUT2D eigenvalue weighted by atomic mass is 16.4. The molecule has 0 aliphatic carbocycles. The fraction of sp³-hybridized carbons (Fsp3) is 0.160. The van der Waals surface area contributed by atoms with Crippen molar-refractivity contribution in [2.75, 3.05) is 16.8 Å². The van der Waals surface area contributed by atoms with Crippen LogP contribution in [0.2, 0.25) is 0 Å². The van der Waals surface area contributed by atoms with Gasteiger partial charge in [0.05, 0.1) is 24.0 Å². The number of carbonyl (C=O) groups is 2. The number of imidazole rings is 1. The summed E-state index contributed by atoms with van der Waals surface area (Å²) < 4.78 is 1.92. The van der Waals surface area contributed by atoms with Crippen LogP contribution in [0.25, 0.3) is 11.0 Å². The third-order valence-corrected chi connectivity index (χ3v) is 5.59. The molecule has 5 N–H and O–H groups in total. The van der Waals surface area contributed by atoms with Gasteiger partial charge in [-0.05, 0) is 42.5 Å². The molecule has 0 saturated heterocycles. The maximum Gasteiger partial charge on any atom is 0.305 e. The number of nitrogen functional groups attached to an aromatic ring is 1. The Morgan fingerprint density at radius 3 is 2.63 bits per heavy atom. The normalized spacial score (nSPS) is 10.8. The maximum atomic E-state index is 13.3. The average Bonchev–Trinajstić information content (AvgIpc) is 3.18. The molecule has 1 amide bonds. The molecule has 0 aliphatic heterocycles. The molecular formula is C25H25N7O3. The van der Waals surface area contributed by atoms with Gasteiger partial charge in [-0.1, -0.05) is 18.2 Å². The van der Waals surface area contributed by atoms with Crippen LogP contribution in [-0.2, 0) is 18.4 Å². The fourth-order valence-corrected chi connectivity index (χ4v) is 3.78. The Bertz CT molecular complexity index is 1400. The Labute approximate surface area is 201 Å². The Kier molecular flexibility index (Phi) is 6.72. The molecule has 2 heterocycles. The third kappa shape index (κ3) is 5.11. The second-order valence-electron chi connectivity index (χ2n) is 7.89. The second kappa shape index (κ2) is 10.0. The van der Waals surface area contributed by atoms with Crippen LogP contribution < -0.4 is 16.0 Å². The summed E-state index contributed by atoms with van der Waals surface area (Å²) >= 11 is 0. The van der Waals surface area contributed by atoms with Crippen molar-refractivity contribution in [1.82, 2.24) is 14.5 Å². The molecule has 0 aliphatic rings. The molecule has 2 aromatic carbocycles. The SMILES string of the molecule is Cn1c(CNc2ccccc2C(=N)N)nc2cc(C(=O)N(CCC(=O)O)c3ccccn3)ccc21. The van der Waals surface area contributed by atoms with Crippen molar-refractivity contribution in [1.29, 1.82) is 5.41 Å². The Morgan fingerprint density at radius 1 is 1.14 bits per heavy atom. The van der Waals surface area contributed by atoms with Gasteiger partial charge in [-0.2, -0.15) is 0 Å².